The molecule has 0 spiro atoms. The molecule has 23 heavy (non-hydrogen) atoms. The number of hydrogen-bond donors (Lipinski definition) is 2. The summed E-state index contributed by atoms with van der Waals surface area (Å²) in [6.07, 6.45) is 0. The summed E-state index contributed by atoms with van der Waals surface area (Å²) in [5.74, 6) is -0.0937. The fourth-order valence-corrected chi connectivity index (χ4v) is 2.37. The SMILES string of the molecule is CCOC(=O)COc1ccc2c(c1)[n+](O)c1ccccc1[n+]2O. The Labute approximate surface area is 131 Å². The van der Waals surface area contributed by atoms with Crippen molar-refractivity contribution in [2.75, 3.05) is 13.2 Å². The molecule has 7 nitrogen and oxygen atoms in total. The average molecular weight is 316 g/mol. The number of carbonyl (C=O) groups excluding carboxylic acids is 1. The Bertz CT molecular complexity index is 894. The molecule has 118 valence electrons. The van der Waals surface area contributed by atoms with Crippen LogP contribution in [0.15, 0.2) is 42.5 Å². The van der Waals surface area contributed by atoms with E-state index in [9.17, 15) is 15.2 Å². The lowest BCUT2D eigenvalue weighted by Crippen LogP contribution is -2.42. The van der Waals surface area contributed by atoms with Crippen LogP contribution in [0.25, 0.3) is 22.1 Å². The zero-order valence-corrected chi connectivity index (χ0v) is 12.5. The first-order chi connectivity index (χ1) is 11.1. The second-order valence-electron chi connectivity index (χ2n) is 4.86. The van der Waals surface area contributed by atoms with Gasteiger partial charge in [-0.1, -0.05) is 12.1 Å². The average Bonchev–Trinajstić information content (AvgIpc) is 2.58. The van der Waals surface area contributed by atoms with Gasteiger partial charge in [-0.15, -0.1) is 0 Å². The van der Waals surface area contributed by atoms with Crippen LogP contribution in [0.2, 0.25) is 0 Å². The lowest BCUT2D eigenvalue weighted by atomic mass is 10.2. The maximum absolute atomic E-state index is 11.3. The number of benzene rings is 2. The van der Waals surface area contributed by atoms with E-state index in [1.54, 1.807) is 43.3 Å². The first kappa shape index (κ1) is 14.8. The zero-order chi connectivity index (χ0) is 16.4. The standard InChI is InChI=1S/C16H16N2O5/c1-2-22-16(19)10-23-11-7-8-14-15(9-11)18(21)13-6-4-3-5-12(13)17(14)20/h3-9,20-21H,2,10H2,1H3/q+2. The molecule has 0 radical (unpaired) electrons. The van der Waals surface area contributed by atoms with Crippen LogP contribution in [0.4, 0.5) is 0 Å². The van der Waals surface area contributed by atoms with E-state index < -0.39 is 5.97 Å². The Balaban J connectivity index is 2.04. The van der Waals surface area contributed by atoms with Crippen molar-refractivity contribution in [3.63, 3.8) is 0 Å². The van der Waals surface area contributed by atoms with Gasteiger partial charge in [0.15, 0.2) is 6.61 Å². The Hall–Kier alpha value is -3.09. The fourth-order valence-electron chi connectivity index (χ4n) is 2.37. The van der Waals surface area contributed by atoms with E-state index in [1.807, 2.05) is 0 Å². The highest BCUT2D eigenvalue weighted by molar-refractivity contribution is 5.77. The molecule has 0 unspecified atom stereocenters. The van der Waals surface area contributed by atoms with Crippen LogP contribution in [0.3, 0.4) is 0 Å². The maximum Gasteiger partial charge on any atom is 0.344 e. The molecule has 1 aromatic heterocycles. The molecular formula is C16H16N2O5+2. The second-order valence-corrected chi connectivity index (χ2v) is 4.86. The molecule has 0 atom stereocenters. The third-order valence-corrected chi connectivity index (χ3v) is 3.40. The minimum Gasteiger partial charge on any atom is -0.482 e. The molecule has 0 saturated carbocycles. The van der Waals surface area contributed by atoms with E-state index in [0.717, 1.165) is 9.46 Å². The van der Waals surface area contributed by atoms with E-state index in [0.29, 0.717) is 27.8 Å². The predicted octanol–water partition coefficient (Wildman–Crippen LogP) is 0.984. The van der Waals surface area contributed by atoms with Crippen molar-refractivity contribution < 1.29 is 34.1 Å². The van der Waals surface area contributed by atoms with Gasteiger partial charge in [-0.3, -0.25) is 10.4 Å². The van der Waals surface area contributed by atoms with E-state index >= 15 is 0 Å². The van der Waals surface area contributed by atoms with Gasteiger partial charge < -0.3 is 9.47 Å². The van der Waals surface area contributed by atoms with Crippen molar-refractivity contribution in [3.8, 4) is 5.75 Å². The molecule has 0 aliphatic heterocycles. The third-order valence-electron chi connectivity index (χ3n) is 3.40. The molecule has 0 bridgehead atoms. The topological polar surface area (TPSA) is 83.8 Å². The molecule has 0 aliphatic carbocycles. The minimum atomic E-state index is -0.472. The molecule has 3 rings (SSSR count). The van der Waals surface area contributed by atoms with Crippen LogP contribution in [-0.2, 0) is 9.53 Å². The van der Waals surface area contributed by atoms with Crippen LogP contribution in [0.5, 0.6) is 5.75 Å². The largest absolute Gasteiger partial charge is 0.482 e. The Morgan fingerprint density at radius 3 is 2.26 bits per heavy atom. The van der Waals surface area contributed by atoms with Gasteiger partial charge in [0, 0.05) is 27.7 Å². The fraction of sp³-hybridized carbons (Fsp3) is 0.188. The number of para-hydroxylation sites is 2. The lowest BCUT2D eigenvalue weighted by Gasteiger charge is -2.05. The lowest BCUT2D eigenvalue weighted by molar-refractivity contribution is -0.894. The van der Waals surface area contributed by atoms with Gasteiger partial charge in [-0.05, 0) is 13.0 Å². The number of nitrogens with zero attached hydrogens (tertiary/aromatic N) is 2. The molecule has 3 aromatic rings. The van der Waals surface area contributed by atoms with Crippen LogP contribution < -0.4 is 14.2 Å². The highest BCUT2D eigenvalue weighted by Gasteiger charge is 2.28. The third kappa shape index (κ3) is 2.68. The second kappa shape index (κ2) is 5.96. The number of hydrogen-bond acceptors (Lipinski definition) is 5. The van der Waals surface area contributed by atoms with Gasteiger partial charge in [0.05, 0.1) is 12.7 Å². The first-order valence-corrected chi connectivity index (χ1v) is 7.11. The summed E-state index contributed by atoms with van der Waals surface area (Å²) in [5, 5.41) is 20.7. The first-order valence-electron chi connectivity index (χ1n) is 7.11. The van der Waals surface area contributed by atoms with Gasteiger partial charge in [0.2, 0.25) is 0 Å². The van der Waals surface area contributed by atoms with Crippen LogP contribution in [-0.4, -0.2) is 29.6 Å². The van der Waals surface area contributed by atoms with Crippen molar-refractivity contribution in [1.29, 1.82) is 0 Å². The maximum atomic E-state index is 11.3. The summed E-state index contributed by atoms with van der Waals surface area (Å²) in [6, 6.07) is 11.6. The number of rotatable bonds is 4. The number of fused-ring (bicyclic) bond motifs is 2. The summed E-state index contributed by atoms with van der Waals surface area (Å²) in [5.41, 5.74) is 1.63. The zero-order valence-electron chi connectivity index (χ0n) is 12.5. The van der Waals surface area contributed by atoms with Crippen molar-refractivity contribution in [2.45, 2.75) is 6.92 Å². The van der Waals surface area contributed by atoms with Crippen LogP contribution in [0, 0.1) is 0 Å². The van der Waals surface area contributed by atoms with Crippen LogP contribution in [0.1, 0.15) is 6.92 Å². The monoisotopic (exact) mass is 316 g/mol. The smallest absolute Gasteiger partial charge is 0.344 e. The predicted molar refractivity (Wildman–Crippen MR) is 78.3 cm³/mol. The molecule has 0 fully saturated rings. The van der Waals surface area contributed by atoms with Crippen molar-refractivity contribution in [3.05, 3.63) is 42.5 Å². The molecule has 2 aromatic carbocycles. The van der Waals surface area contributed by atoms with E-state index in [1.165, 1.54) is 6.07 Å². The van der Waals surface area contributed by atoms with E-state index in [-0.39, 0.29) is 13.2 Å². The van der Waals surface area contributed by atoms with Crippen molar-refractivity contribution in [1.82, 2.24) is 0 Å². The van der Waals surface area contributed by atoms with Gasteiger partial charge in [0.1, 0.15) is 5.75 Å². The normalized spacial score (nSPS) is 10.8. The Morgan fingerprint density at radius 1 is 1.00 bits per heavy atom. The van der Waals surface area contributed by atoms with E-state index in [2.05, 4.69) is 0 Å². The van der Waals surface area contributed by atoms with Gasteiger partial charge >= 0.3 is 28.0 Å². The van der Waals surface area contributed by atoms with Crippen LogP contribution >= 0.6 is 0 Å². The number of ether oxygens (including phenoxy) is 2. The summed E-state index contributed by atoms with van der Waals surface area (Å²) < 4.78 is 12.1. The number of aromatic nitrogens is 2. The highest BCUT2D eigenvalue weighted by Crippen LogP contribution is 2.18. The summed E-state index contributed by atoms with van der Waals surface area (Å²) in [6.45, 7) is 1.78. The van der Waals surface area contributed by atoms with Gasteiger partial charge in [0.25, 0.3) is 0 Å². The molecule has 1 heterocycles. The van der Waals surface area contributed by atoms with Gasteiger partial charge in [-0.25, -0.2) is 4.79 Å². The molecule has 0 amide bonds. The van der Waals surface area contributed by atoms with E-state index in [4.69, 9.17) is 9.47 Å². The molecule has 0 aliphatic rings. The molecule has 7 heteroatoms. The summed E-state index contributed by atoms with van der Waals surface area (Å²) in [7, 11) is 0. The summed E-state index contributed by atoms with van der Waals surface area (Å²) >= 11 is 0. The minimum absolute atomic E-state index is 0.225. The van der Waals surface area contributed by atoms with Gasteiger partial charge in [-0.2, -0.15) is 0 Å². The van der Waals surface area contributed by atoms with Crippen molar-refractivity contribution in [2.24, 2.45) is 0 Å². The Morgan fingerprint density at radius 2 is 1.61 bits per heavy atom. The molecular weight excluding hydrogens is 300 g/mol. The molecule has 2 N–H and O–H groups in total. The van der Waals surface area contributed by atoms with Crippen molar-refractivity contribution >= 4 is 28.0 Å². The quantitative estimate of drug-likeness (QED) is 0.324. The number of esters is 1. The highest BCUT2D eigenvalue weighted by atomic mass is 16.6. The molecule has 0 saturated heterocycles. The summed E-state index contributed by atoms with van der Waals surface area (Å²) in [4.78, 5) is 11.3. The number of carbonyl (C=O) groups is 1. The Kier molecular flexibility index (Phi) is 3.84.